The Morgan fingerprint density at radius 2 is 2.16 bits per heavy atom. The number of nitrogens with zero attached hydrogens (tertiary/aromatic N) is 3. The Morgan fingerprint density at radius 3 is 2.58 bits per heavy atom. The highest BCUT2D eigenvalue weighted by atomic mass is 19.4. The average molecular weight is 276 g/mol. The van der Waals surface area contributed by atoms with Gasteiger partial charge in [0.05, 0.1) is 0 Å². The topological polar surface area (TPSA) is 91.8 Å². The van der Waals surface area contributed by atoms with Gasteiger partial charge in [-0.2, -0.15) is 13.2 Å². The van der Waals surface area contributed by atoms with E-state index in [1.807, 2.05) is 0 Å². The second kappa shape index (κ2) is 5.55. The summed E-state index contributed by atoms with van der Waals surface area (Å²) >= 11 is 0. The molecule has 0 bridgehead atoms. The van der Waals surface area contributed by atoms with Crippen LogP contribution in [0.1, 0.15) is 16.1 Å². The van der Waals surface area contributed by atoms with Crippen LogP contribution in [0.3, 0.4) is 0 Å². The molecule has 0 unspecified atom stereocenters. The maximum absolute atomic E-state index is 12.1. The van der Waals surface area contributed by atoms with Crippen molar-refractivity contribution in [3.8, 4) is 0 Å². The van der Waals surface area contributed by atoms with Gasteiger partial charge in [-0.1, -0.05) is 5.16 Å². The molecule has 9 heteroatoms. The summed E-state index contributed by atoms with van der Waals surface area (Å²) in [6, 6.07) is 2.51. The zero-order valence-electron chi connectivity index (χ0n) is 9.85. The summed E-state index contributed by atoms with van der Waals surface area (Å²) in [6.45, 7) is -1.37. The van der Waals surface area contributed by atoms with E-state index in [1.54, 1.807) is 0 Å². The van der Waals surface area contributed by atoms with Crippen molar-refractivity contribution < 1.29 is 23.2 Å². The van der Waals surface area contributed by atoms with Crippen LogP contribution in [0.2, 0.25) is 0 Å². The molecular formula is C10H11F3N4O2. The van der Waals surface area contributed by atoms with E-state index in [0.717, 1.165) is 13.2 Å². The SMILES string of the molecule is CN(CC(F)(F)F)C(=O)c1ccc(C(N)=NO)cn1. The molecule has 0 fully saturated rings. The second-order valence-electron chi connectivity index (χ2n) is 3.69. The first-order valence-electron chi connectivity index (χ1n) is 5.01. The van der Waals surface area contributed by atoms with Crippen LogP contribution in [0.15, 0.2) is 23.5 Å². The number of amidine groups is 1. The van der Waals surface area contributed by atoms with Gasteiger partial charge in [0, 0.05) is 18.8 Å². The highest BCUT2D eigenvalue weighted by Gasteiger charge is 2.31. The van der Waals surface area contributed by atoms with E-state index >= 15 is 0 Å². The molecule has 1 amide bonds. The molecule has 1 heterocycles. The number of hydrogen-bond acceptors (Lipinski definition) is 4. The number of rotatable bonds is 3. The summed E-state index contributed by atoms with van der Waals surface area (Å²) in [6.07, 6.45) is -3.35. The van der Waals surface area contributed by atoms with E-state index in [0.29, 0.717) is 4.90 Å². The Morgan fingerprint density at radius 1 is 1.53 bits per heavy atom. The van der Waals surface area contributed by atoms with Gasteiger partial charge in [0.2, 0.25) is 0 Å². The number of hydrogen-bond donors (Lipinski definition) is 2. The Kier molecular flexibility index (Phi) is 4.30. The number of aromatic nitrogens is 1. The minimum atomic E-state index is -4.47. The summed E-state index contributed by atoms with van der Waals surface area (Å²) in [5, 5.41) is 11.1. The van der Waals surface area contributed by atoms with Gasteiger partial charge in [-0.15, -0.1) is 0 Å². The third-order valence-corrected chi connectivity index (χ3v) is 2.15. The molecule has 0 atom stereocenters. The van der Waals surface area contributed by atoms with Gasteiger partial charge in [0.1, 0.15) is 12.2 Å². The van der Waals surface area contributed by atoms with Crippen molar-refractivity contribution in [3.05, 3.63) is 29.6 Å². The van der Waals surface area contributed by atoms with Gasteiger partial charge in [-0.25, -0.2) is 0 Å². The number of carbonyl (C=O) groups excluding carboxylic acids is 1. The van der Waals surface area contributed by atoms with Gasteiger partial charge < -0.3 is 15.8 Å². The average Bonchev–Trinajstić information content (AvgIpc) is 2.35. The Bertz CT molecular complexity index is 485. The Labute approximate surface area is 106 Å². The smallest absolute Gasteiger partial charge is 0.406 e. The lowest BCUT2D eigenvalue weighted by Crippen LogP contribution is -2.36. The predicted octanol–water partition coefficient (Wildman–Crippen LogP) is 0.810. The molecular weight excluding hydrogens is 265 g/mol. The minimum absolute atomic E-state index is 0.166. The van der Waals surface area contributed by atoms with E-state index in [9.17, 15) is 18.0 Å². The van der Waals surface area contributed by atoms with Crippen molar-refractivity contribution >= 4 is 11.7 Å². The molecule has 1 rings (SSSR count). The van der Waals surface area contributed by atoms with Gasteiger partial charge in [-0.05, 0) is 12.1 Å². The van der Waals surface area contributed by atoms with Crippen LogP contribution in [0.25, 0.3) is 0 Å². The number of nitrogens with two attached hydrogens (primary N) is 1. The van der Waals surface area contributed by atoms with Crippen molar-refractivity contribution in [3.63, 3.8) is 0 Å². The number of oxime groups is 1. The normalized spacial score (nSPS) is 12.3. The zero-order chi connectivity index (χ0) is 14.6. The zero-order valence-corrected chi connectivity index (χ0v) is 9.85. The quantitative estimate of drug-likeness (QED) is 0.370. The fourth-order valence-electron chi connectivity index (χ4n) is 1.27. The molecule has 0 saturated carbocycles. The van der Waals surface area contributed by atoms with E-state index in [2.05, 4.69) is 10.1 Å². The highest BCUT2D eigenvalue weighted by Crippen LogP contribution is 2.16. The van der Waals surface area contributed by atoms with Crippen LogP contribution in [0.5, 0.6) is 0 Å². The third kappa shape index (κ3) is 4.12. The first-order valence-corrected chi connectivity index (χ1v) is 5.01. The molecule has 0 spiro atoms. The molecule has 1 aromatic rings. The maximum atomic E-state index is 12.1. The van der Waals surface area contributed by atoms with Crippen molar-refractivity contribution in [2.45, 2.75) is 6.18 Å². The molecule has 0 aliphatic rings. The van der Waals surface area contributed by atoms with Crippen molar-refractivity contribution in [1.29, 1.82) is 0 Å². The summed E-state index contributed by atoms with van der Waals surface area (Å²) in [5.74, 6) is -1.08. The third-order valence-electron chi connectivity index (χ3n) is 2.15. The summed E-state index contributed by atoms with van der Waals surface area (Å²) in [4.78, 5) is 15.8. The molecule has 3 N–H and O–H groups in total. The van der Waals surface area contributed by atoms with Gasteiger partial charge in [-0.3, -0.25) is 9.78 Å². The summed E-state index contributed by atoms with van der Waals surface area (Å²) in [5.41, 5.74) is 5.36. The monoisotopic (exact) mass is 276 g/mol. The van der Waals surface area contributed by atoms with Crippen molar-refractivity contribution in [2.75, 3.05) is 13.6 Å². The van der Waals surface area contributed by atoms with Crippen LogP contribution >= 0.6 is 0 Å². The second-order valence-corrected chi connectivity index (χ2v) is 3.69. The van der Waals surface area contributed by atoms with Crippen LogP contribution in [0, 0.1) is 0 Å². The fraction of sp³-hybridized carbons (Fsp3) is 0.300. The first-order chi connectivity index (χ1) is 8.74. The number of alkyl halides is 3. The van der Waals surface area contributed by atoms with Gasteiger partial charge >= 0.3 is 6.18 Å². The molecule has 0 aromatic carbocycles. The molecule has 0 aliphatic heterocycles. The molecule has 0 aliphatic carbocycles. The van der Waals surface area contributed by atoms with E-state index < -0.39 is 18.6 Å². The Hall–Kier alpha value is -2.32. The van der Waals surface area contributed by atoms with E-state index in [4.69, 9.17) is 10.9 Å². The number of halogens is 3. The lowest BCUT2D eigenvalue weighted by atomic mass is 10.2. The number of carbonyl (C=O) groups is 1. The summed E-state index contributed by atoms with van der Waals surface area (Å²) < 4.78 is 36.4. The van der Waals surface area contributed by atoms with Crippen LogP contribution in [-0.4, -0.2) is 46.6 Å². The molecule has 0 radical (unpaired) electrons. The minimum Gasteiger partial charge on any atom is -0.409 e. The molecule has 6 nitrogen and oxygen atoms in total. The largest absolute Gasteiger partial charge is 0.409 e. The van der Waals surface area contributed by atoms with Crippen LogP contribution in [-0.2, 0) is 0 Å². The molecule has 0 saturated heterocycles. The predicted molar refractivity (Wildman–Crippen MR) is 59.8 cm³/mol. The van der Waals surface area contributed by atoms with Crippen molar-refractivity contribution in [1.82, 2.24) is 9.88 Å². The maximum Gasteiger partial charge on any atom is 0.406 e. The van der Waals surface area contributed by atoms with Gasteiger partial charge in [0.15, 0.2) is 5.84 Å². The lowest BCUT2D eigenvalue weighted by molar-refractivity contribution is -0.138. The number of amides is 1. The molecule has 1 aromatic heterocycles. The molecule has 19 heavy (non-hydrogen) atoms. The van der Waals surface area contributed by atoms with E-state index in [-0.39, 0.29) is 17.1 Å². The highest BCUT2D eigenvalue weighted by molar-refractivity contribution is 5.98. The van der Waals surface area contributed by atoms with Gasteiger partial charge in [0.25, 0.3) is 5.91 Å². The van der Waals surface area contributed by atoms with Crippen molar-refractivity contribution in [2.24, 2.45) is 10.9 Å². The van der Waals surface area contributed by atoms with Crippen LogP contribution < -0.4 is 5.73 Å². The first kappa shape index (κ1) is 14.7. The lowest BCUT2D eigenvalue weighted by Gasteiger charge is -2.18. The number of pyridine rings is 1. The molecule has 104 valence electrons. The fourth-order valence-corrected chi connectivity index (χ4v) is 1.27. The van der Waals surface area contributed by atoms with E-state index in [1.165, 1.54) is 12.1 Å². The summed E-state index contributed by atoms with van der Waals surface area (Å²) in [7, 11) is 1.02. The standard InChI is InChI=1S/C10H11F3N4O2/c1-17(5-10(11,12)13)9(18)7-3-2-6(4-15-7)8(14)16-19/h2-4,19H,5H2,1H3,(H2,14,16). The Balaban J connectivity index is 2.84. The van der Waals surface area contributed by atoms with Crippen LogP contribution in [0.4, 0.5) is 13.2 Å².